The normalized spacial score (nSPS) is 25.3. The Balaban J connectivity index is 2.01. The number of ether oxygens (including phenoxy) is 1. The molecule has 0 radical (unpaired) electrons. The van der Waals surface area contributed by atoms with Crippen molar-refractivity contribution in [2.24, 2.45) is 0 Å². The molecule has 0 spiro atoms. The van der Waals surface area contributed by atoms with Gasteiger partial charge in [-0.1, -0.05) is 0 Å². The highest BCUT2D eigenvalue weighted by molar-refractivity contribution is 7.67. The Hall–Kier alpha value is -0.950. The van der Waals surface area contributed by atoms with Crippen molar-refractivity contribution < 1.29 is 50.0 Å². The van der Waals surface area contributed by atoms with Crippen LogP contribution < -0.4 is 11.2 Å². The molecule has 2 N–H and O–H groups in total. The first-order valence-electron chi connectivity index (χ1n) is 8.19. The first kappa shape index (κ1) is 25.3. The summed E-state index contributed by atoms with van der Waals surface area (Å²) in [6, 6.07) is 1.16. The molecule has 172 valence electrons. The zero-order valence-corrected chi connectivity index (χ0v) is 18.7. The van der Waals surface area contributed by atoms with Crippen molar-refractivity contribution in [3.05, 3.63) is 33.1 Å². The van der Waals surface area contributed by atoms with E-state index in [1.807, 2.05) is 0 Å². The summed E-state index contributed by atoms with van der Waals surface area (Å²) >= 11 is 0. The van der Waals surface area contributed by atoms with Crippen LogP contribution in [0.1, 0.15) is 19.1 Å². The largest absolute Gasteiger partial charge is 0.492 e. The van der Waals surface area contributed by atoms with Crippen molar-refractivity contribution in [3.63, 3.8) is 0 Å². The van der Waals surface area contributed by atoms with Crippen molar-refractivity contribution in [1.29, 1.82) is 0 Å². The van der Waals surface area contributed by atoms with E-state index < -0.39 is 47.0 Å². The van der Waals surface area contributed by atoms with Crippen molar-refractivity contribution in [3.8, 4) is 0 Å². The van der Waals surface area contributed by atoms with E-state index >= 15 is 0 Å². The van der Waals surface area contributed by atoms with Crippen molar-refractivity contribution in [1.82, 2.24) is 9.55 Å². The van der Waals surface area contributed by atoms with E-state index in [9.17, 15) is 28.2 Å². The van der Waals surface area contributed by atoms with E-state index in [0.29, 0.717) is 12.8 Å². The Morgan fingerprint density at radius 3 is 2.33 bits per heavy atom. The zero-order valence-electron chi connectivity index (χ0n) is 16.1. The number of nitrogens with one attached hydrogen (secondary N) is 1. The number of phosphoric ester groups is 2. The van der Waals surface area contributed by atoms with E-state index in [1.54, 1.807) is 0 Å². The number of hydrogen-bond donors (Lipinski definition) is 2. The van der Waals surface area contributed by atoms with Crippen molar-refractivity contribution in [2.75, 3.05) is 27.9 Å². The molecule has 15 nitrogen and oxygen atoms in total. The van der Waals surface area contributed by atoms with Gasteiger partial charge >= 0.3 is 29.2 Å². The SMILES string of the molecule is COP(=O)(O)OP(=O)(OC)OP(=O)(OC)OCC1CCC(n2ccc(=O)[nH]c2=O)O1. The fraction of sp³-hybridized carbons (Fsp3) is 0.667. The lowest BCUT2D eigenvalue weighted by molar-refractivity contribution is -0.0252. The van der Waals surface area contributed by atoms with Crippen LogP contribution in [0.4, 0.5) is 0 Å². The van der Waals surface area contributed by atoms with Crippen LogP contribution in [0, 0.1) is 0 Å². The molecule has 1 aliphatic rings. The molecule has 1 saturated heterocycles. The van der Waals surface area contributed by atoms with Gasteiger partial charge in [-0.15, -0.1) is 0 Å². The Bertz CT molecular complexity index is 990. The van der Waals surface area contributed by atoms with Crippen LogP contribution in [0.2, 0.25) is 0 Å². The Kier molecular flexibility index (Phi) is 8.53. The van der Waals surface area contributed by atoms with Crippen LogP contribution in [0.15, 0.2) is 21.9 Å². The molecular weight excluding hydrogens is 473 g/mol. The summed E-state index contributed by atoms with van der Waals surface area (Å²) in [6.07, 6.45) is 0.633. The molecule has 0 saturated carbocycles. The zero-order chi connectivity index (χ0) is 22.6. The quantitative estimate of drug-likeness (QED) is 0.421. The molecule has 18 heteroatoms. The highest BCUT2D eigenvalue weighted by Gasteiger charge is 2.45. The van der Waals surface area contributed by atoms with Crippen molar-refractivity contribution in [2.45, 2.75) is 25.2 Å². The lowest BCUT2D eigenvalue weighted by atomic mass is 10.2. The third kappa shape index (κ3) is 6.78. The van der Waals surface area contributed by atoms with E-state index in [0.717, 1.165) is 27.4 Å². The van der Waals surface area contributed by atoms with Gasteiger partial charge in [0.1, 0.15) is 6.23 Å². The highest BCUT2D eigenvalue weighted by atomic mass is 31.3. The predicted molar refractivity (Wildman–Crippen MR) is 98.7 cm³/mol. The summed E-state index contributed by atoms with van der Waals surface area (Å²) in [5.74, 6) is 0. The Labute approximate surface area is 170 Å². The van der Waals surface area contributed by atoms with Crippen LogP contribution in [0.25, 0.3) is 0 Å². The minimum atomic E-state index is -4.88. The molecule has 0 aromatic carbocycles. The fourth-order valence-corrected chi connectivity index (χ4v) is 6.40. The minimum absolute atomic E-state index is 0.369. The lowest BCUT2D eigenvalue weighted by Gasteiger charge is -2.22. The summed E-state index contributed by atoms with van der Waals surface area (Å²) < 4.78 is 70.2. The van der Waals surface area contributed by atoms with Crippen LogP contribution in [0.3, 0.4) is 0 Å². The predicted octanol–water partition coefficient (Wildman–Crippen LogP) is 1.52. The second-order valence-corrected chi connectivity index (χ2v) is 11.1. The van der Waals surface area contributed by atoms with Crippen molar-refractivity contribution >= 4 is 23.5 Å². The topological polar surface area (TPSA) is 191 Å². The number of hydrogen-bond acceptors (Lipinski definition) is 12. The van der Waals surface area contributed by atoms with Crippen LogP contribution >= 0.6 is 23.5 Å². The van der Waals surface area contributed by atoms with Gasteiger partial charge in [0.05, 0.1) is 12.7 Å². The van der Waals surface area contributed by atoms with Crippen LogP contribution in [0.5, 0.6) is 0 Å². The minimum Gasteiger partial charge on any atom is -0.352 e. The maximum atomic E-state index is 12.6. The number of aromatic nitrogens is 2. The molecular formula is C12H21N2O13P3. The van der Waals surface area contributed by atoms with Gasteiger partial charge in [0.2, 0.25) is 0 Å². The average Bonchev–Trinajstić information content (AvgIpc) is 3.15. The Morgan fingerprint density at radius 1 is 1.10 bits per heavy atom. The number of phosphoric acid groups is 3. The number of nitrogens with zero attached hydrogens (tertiary/aromatic N) is 1. The molecule has 30 heavy (non-hydrogen) atoms. The number of H-pyrrole nitrogens is 1. The van der Waals surface area contributed by atoms with Crippen LogP contribution in [-0.2, 0) is 45.1 Å². The molecule has 5 atom stereocenters. The van der Waals surface area contributed by atoms with Gasteiger partial charge in [-0.25, -0.2) is 18.5 Å². The fourth-order valence-electron chi connectivity index (χ4n) is 2.32. The average molecular weight is 494 g/mol. The van der Waals surface area contributed by atoms with Crippen LogP contribution in [-0.4, -0.2) is 48.5 Å². The number of aromatic amines is 1. The van der Waals surface area contributed by atoms with Gasteiger partial charge in [0.25, 0.3) is 5.56 Å². The van der Waals surface area contributed by atoms with Gasteiger partial charge < -0.3 is 9.63 Å². The first-order valence-corrected chi connectivity index (χ1v) is 12.6. The van der Waals surface area contributed by atoms with Gasteiger partial charge in [0.15, 0.2) is 0 Å². The lowest BCUT2D eigenvalue weighted by Crippen LogP contribution is -2.31. The van der Waals surface area contributed by atoms with E-state index in [1.165, 1.54) is 10.8 Å². The maximum Gasteiger partial charge on any atom is 0.492 e. The third-order valence-electron chi connectivity index (χ3n) is 3.75. The van der Waals surface area contributed by atoms with Gasteiger partial charge in [0, 0.05) is 33.6 Å². The smallest absolute Gasteiger partial charge is 0.352 e. The summed E-state index contributed by atoms with van der Waals surface area (Å²) in [5.41, 5.74) is -1.22. The molecule has 1 aromatic heterocycles. The first-order chi connectivity index (χ1) is 13.9. The Morgan fingerprint density at radius 2 is 1.77 bits per heavy atom. The second kappa shape index (κ2) is 10.1. The standard InChI is InChI=1S/C12H21N2O13P3/c1-21-28(17,18)26-30(20,23-3)27-29(19,22-2)24-8-9-4-5-11(25-9)14-7-6-10(15)13-12(14)16/h6-7,9,11H,4-5,8H2,1-3H3,(H,17,18)(H,13,15,16). The van der Waals surface area contributed by atoms with E-state index in [-0.39, 0.29) is 6.61 Å². The molecule has 2 rings (SSSR count). The monoisotopic (exact) mass is 494 g/mol. The second-order valence-electron chi connectivity index (χ2n) is 5.68. The van der Waals surface area contributed by atoms with Gasteiger partial charge in [-0.05, 0) is 12.8 Å². The maximum absolute atomic E-state index is 12.6. The summed E-state index contributed by atoms with van der Waals surface area (Å²) in [4.78, 5) is 34.3. The summed E-state index contributed by atoms with van der Waals surface area (Å²) in [6.45, 7) is -0.384. The third-order valence-corrected chi connectivity index (χ3v) is 8.79. The van der Waals surface area contributed by atoms with Gasteiger partial charge in [-0.2, -0.15) is 8.62 Å². The summed E-state index contributed by atoms with van der Waals surface area (Å²) in [7, 11) is -11.8. The molecule has 1 fully saturated rings. The molecule has 0 aliphatic carbocycles. The molecule has 2 heterocycles. The molecule has 0 amide bonds. The molecule has 5 unspecified atom stereocenters. The molecule has 1 aliphatic heterocycles. The van der Waals surface area contributed by atoms with E-state index in [2.05, 4.69) is 27.2 Å². The molecule has 0 bridgehead atoms. The summed E-state index contributed by atoms with van der Waals surface area (Å²) in [5, 5.41) is 0. The van der Waals surface area contributed by atoms with E-state index in [4.69, 9.17) is 9.26 Å². The highest BCUT2D eigenvalue weighted by Crippen LogP contribution is 2.71. The number of rotatable bonds is 11. The molecule has 1 aromatic rings. The van der Waals surface area contributed by atoms with Gasteiger partial charge in [-0.3, -0.25) is 32.4 Å².